The number of ether oxygens (including phenoxy) is 1. The summed E-state index contributed by atoms with van der Waals surface area (Å²) in [4.78, 5) is 18.0. The highest BCUT2D eigenvalue weighted by Crippen LogP contribution is 2.31. The molecule has 190 valence electrons. The Morgan fingerprint density at radius 3 is 2.31 bits per heavy atom. The van der Waals surface area contributed by atoms with Crippen LogP contribution in [0.25, 0.3) is 11.1 Å². The van der Waals surface area contributed by atoms with E-state index in [1.54, 1.807) is 0 Å². The molecule has 1 fully saturated rings. The van der Waals surface area contributed by atoms with Gasteiger partial charge in [0.2, 0.25) is 0 Å². The summed E-state index contributed by atoms with van der Waals surface area (Å²) >= 11 is 6.15. The Kier molecular flexibility index (Phi) is 9.06. The van der Waals surface area contributed by atoms with Gasteiger partial charge in [-0.15, -0.1) is 0 Å². The van der Waals surface area contributed by atoms with E-state index in [0.29, 0.717) is 6.61 Å². The van der Waals surface area contributed by atoms with Crippen molar-refractivity contribution in [2.24, 2.45) is 0 Å². The number of carbonyl (C=O) groups excluding carboxylic acids is 1. The van der Waals surface area contributed by atoms with E-state index in [2.05, 4.69) is 40.1 Å². The molecule has 5 heteroatoms. The molecule has 3 aromatic rings. The summed E-state index contributed by atoms with van der Waals surface area (Å²) in [7, 11) is 0. The molecule has 4 nitrogen and oxygen atoms in total. The van der Waals surface area contributed by atoms with Gasteiger partial charge in [0.1, 0.15) is 0 Å². The Labute approximate surface area is 220 Å². The van der Waals surface area contributed by atoms with Crippen LogP contribution in [-0.4, -0.2) is 50.2 Å². The van der Waals surface area contributed by atoms with Crippen molar-refractivity contribution in [1.29, 1.82) is 0 Å². The Morgan fingerprint density at radius 2 is 1.64 bits per heavy atom. The van der Waals surface area contributed by atoms with Crippen LogP contribution in [0.15, 0.2) is 78.9 Å². The number of hydrogen-bond acceptors (Lipinski definition) is 4. The smallest absolute Gasteiger partial charge is 0.316 e. The number of rotatable bonds is 10. The van der Waals surface area contributed by atoms with Gasteiger partial charge in [0.25, 0.3) is 0 Å². The van der Waals surface area contributed by atoms with E-state index >= 15 is 0 Å². The number of carbonyl (C=O) groups is 1. The minimum Gasteiger partial charge on any atom is -0.465 e. The predicted molar refractivity (Wildman–Crippen MR) is 150 cm³/mol. The summed E-state index contributed by atoms with van der Waals surface area (Å²) in [6.45, 7) is 9.59. The lowest BCUT2D eigenvalue weighted by molar-refractivity contribution is -0.150. The van der Waals surface area contributed by atoms with Crippen LogP contribution in [0, 0.1) is 0 Å². The molecule has 1 heterocycles. The van der Waals surface area contributed by atoms with Crippen molar-refractivity contribution >= 4 is 23.3 Å². The second-order valence-electron chi connectivity index (χ2n) is 9.82. The van der Waals surface area contributed by atoms with E-state index in [4.69, 9.17) is 16.3 Å². The summed E-state index contributed by atoms with van der Waals surface area (Å²) < 4.78 is 5.59. The van der Waals surface area contributed by atoms with Crippen LogP contribution in [0.5, 0.6) is 0 Å². The molecule has 0 amide bonds. The maximum atomic E-state index is 13.0. The summed E-state index contributed by atoms with van der Waals surface area (Å²) in [6.07, 6.45) is 2.58. The molecule has 0 spiro atoms. The second kappa shape index (κ2) is 12.4. The zero-order valence-corrected chi connectivity index (χ0v) is 22.2. The van der Waals surface area contributed by atoms with Gasteiger partial charge in [-0.1, -0.05) is 73.1 Å². The molecule has 0 radical (unpaired) electrons. The van der Waals surface area contributed by atoms with Gasteiger partial charge in [-0.25, -0.2) is 0 Å². The van der Waals surface area contributed by atoms with Crippen molar-refractivity contribution in [2.75, 3.05) is 44.2 Å². The van der Waals surface area contributed by atoms with Crippen molar-refractivity contribution < 1.29 is 9.53 Å². The molecule has 0 aliphatic carbocycles. The quantitative estimate of drug-likeness (QED) is 0.283. The van der Waals surface area contributed by atoms with E-state index in [1.807, 2.05) is 62.4 Å². The zero-order chi connectivity index (χ0) is 25.4. The molecule has 1 atom stereocenters. The van der Waals surface area contributed by atoms with Crippen molar-refractivity contribution in [3.8, 4) is 11.1 Å². The molecule has 1 saturated heterocycles. The third-order valence-electron chi connectivity index (χ3n) is 7.21. The van der Waals surface area contributed by atoms with Gasteiger partial charge in [-0.2, -0.15) is 0 Å². The van der Waals surface area contributed by atoms with Gasteiger partial charge in [0, 0.05) is 36.9 Å². The summed E-state index contributed by atoms with van der Waals surface area (Å²) in [6, 6.07) is 26.8. The molecule has 1 aliphatic heterocycles. The molecule has 0 aromatic heterocycles. The number of piperazine rings is 1. The molecular weight excluding hydrogens is 468 g/mol. The largest absolute Gasteiger partial charge is 0.465 e. The first-order valence-electron chi connectivity index (χ1n) is 13.1. The predicted octanol–water partition coefficient (Wildman–Crippen LogP) is 6.82. The van der Waals surface area contributed by atoms with Crippen LogP contribution in [0.3, 0.4) is 0 Å². The molecule has 1 aliphatic rings. The second-order valence-corrected chi connectivity index (χ2v) is 10.3. The highest BCUT2D eigenvalue weighted by molar-refractivity contribution is 6.30. The molecule has 3 aromatic carbocycles. The van der Waals surface area contributed by atoms with Crippen LogP contribution >= 0.6 is 11.6 Å². The molecule has 36 heavy (non-hydrogen) atoms. The van der Waals surface area contributed by atoms with E-state index in [1.165, 1.54) is 11.3 Å². The van der Waals surface area contributed by atoms with Crippen LogP contribution in [0.4, 0.5) is 5.69 Å². The third kappa shape index (κ3) is 6.48. The maximum absolute atomic E-state index is 13.0. The molecule has 0 N–H and O–H groups in total. The highest BCUT2D eigenvalue weighted by Gasteiger charge is 2.36. The summed E-state index contributed by atoms with van der Waals surface area (Å²) in [5, 5.41) is 0.759. The first-order chi connectivity index (χ1) is 17.5. The number of anilines is 1. The fraction of sp³-hybridized carbons (Fsp3) is 0.387. The van der Waals surface area contributed by atoms with Crippen molar-refractivity contribution in [1.82, 2.24) is 4.90 Å². The summed E-state index contributed by atoms with van der Waals surface area (Å²) in [5.41, 5.74) is 4.01. The molecule has 1 unspecified atom stereocenters. The minimum atomic E-state index is -0.608. The van der Waals surface area contributed by atoms with Crippen molar-refractivity contribution in [3.63, 3.8) is 0 Å². The number of nitrogens with zero attached hydrogens (tertiary/aromatic N) is 2. The number of esters is 1. The lowest BCUT2D eigenvalue weighted by Crippen LogP contribution is -2.47. The first-order valence-corrected chi connectivity index (χ1v) is 13.4. The van der Waals surface area contributed by atoms with Gasteiger partial charge in [-0.05, 0) is 73.7 Å². The van der Waals surface area contributed by atoms with Gasteiger partial charge >= 0.3 is 5.97 Å². The lowest BCUT2D eigenvalue weighted by Gasteiger charge is -2.37. The van der Waals surface area contributed by atoms with Crippen LogP contribution < -0.4 is 4.90 Å². The van der Waals surface area contributed by atoms with Crippen molar-refractivity contribution in [3.05, 3.63) is 89.4 Å². The lowest BCUT2D eigenvalue weighted by atomic mass is 9.78. The van der Waals surface area contributed by atoms with E-state index in [0.717, 1.165) is 68.1 Å². The van der Waals surface area contributed by atoms with E-state index in [-0.39, 0.29) is 5.97 Å². The normalized spacial score (nSPS) is 15.9. The fourth-order valence-corrected chi connectivity index (χ4v) is 5.13. The average molecular weight is 505 g/mol. The fourth-order valence-electron chi connectivity index (χ4n) is 4.94. The highest BCUT2D eigenvalue weighted by atomic mass is 35.5. The van der Waals surface area contributed by atoms with E-state index < -0.39 is 5.41 Å². The van der Waals surface area contributed by atoms with Gasteiger partial charge in [-0.3, -0.25) is 9.69 Å². The van der Waals surface area contributed by atoms with Gasteiger partial charge in [0.15, 0.2) is 0 Å². The molecule has 0 saturated carbocycles. The van der Waals surface area contributed by atoms with Gasteiger partial charge in [0.05, 0.1) is 12.0 Å². The molecule has 4 rings (SSSR count). The van der Waals surface area contributed by atoms with Gasteiger partial charge < -0.3 is 9.64 Å². The van der Waals surface area contributed by atoms with E-state index in [9.17, 15) is 4.79 Å². The number of hydrogen-bond donors (Lipinski definition) is 0. The molecule has 0 bridgehead atoms. The maximum Gasteiger partial charge on any atom is 0.316 e. The Bertz CT molecular complexity index is 1110. The Hall–Kier alpha value is -2.82. The zero-order valence-electron chi connectivity index (χ0n) is 21.5. The minimum absolute atomic E-state index is 0.110. The number of halogens is 1. The molecular formula is C31H37ClN2O2. The summed E-state index contributed by atoms with van der Waals surface area (Å²) in [5.74, 6) is -0.110. The van der Waals surface area contributed by atoms with Crippen LogP contribution in [0.1, 0.15) is 38.7 Å². The SMILES string of the molecule is CCCOC(=O)C(C)(CCCN1CCN(c2ccc(-c3cccc(Cl)c3)cc2)CC1)c1ccccc1. The van der Waals surface area contributed by atoms with Crippen LogP contribution in [-0.2, 0) is 14.9 Å². The Balaban J connectivity index is 1.29. The Morgan fingerprint density at radius 1 is 0.917 bits per heavy atom. The van der Waals surface area contributed by atoms with Crippen LogP contribution in [0.2, 0.25) is 5.02 Å². The van der Waals surface area contributed by atoms with Crippen molar-refractivity contribution in [2.45, 2.75) is 38.5 Å². The first kappa shape index (κ1) is 26.2. The monoisotopic (exact) mass is 504 g/mol. The standard InChI is InChI=1S/C31H37ClN2O2/c1-3-23-36-30(35)31(2,27-10-5-4-6-11-27)17-8-18-33-19-21-34(22-20-33)29-15-13-25(14-16-29)26-9-7-12-28(32)24-26/h4-7,9-16,24H,3,8,17-23H2,1-2H3. The average Bonchev–Trinajstić information content (AvgIpc) is 2.92. The number of benzene rings is 3. The third-order valence-corrected chi connectivity index (χ3v) is 7.45. The topological polar surface area (TPSA) is 32.8 Å².